The molecule has 2 saturated carbocycles. The Morgan fingerprint density at radius 3 is 2.40 bits per heavy atom. The van der Waals surface area contributed by atoms with Crippen LogP contribution in [0.3, 0.4) is 0 Å². The Kier molecular flexibility index (Phi) is 5.51. The summed E-state index contributed by atoms with van der Waals surface area (Å²) in [6, 6.07) is 11.1. The third kappa shape index (κ3) is 4.29. The third-order valence-corrected chi connectivity index (χ3v) is 7.85. The minimum atomic E-state index is -0.446. The van der Waals surface area contributed by atoms with Gasteiger partial charge in [0.2, 0.25) is 5.91 Å². The number of hydrogen-bond acceptors (Lipinski definition) is 3. The van der Waals surface area contributed by atoms with E-state index in [-0.39, 0.29) is 17.6 Å². The van der Waals surface area contributed by atoms with Crippen molar-refractivity contribution in [2.45, 2.75) is 45.4 Å². The van der Waals surface area contributed by atoms with Crippen molar-refractivity contribution < 1.29 is 9.18 Å². The van der Waals surface area contributed by atoms with Crippen LogP contribution in [0.4, 0.5) is 10.1 Å². The van der Waals surface area contributed by atoms with E-state index >= 15 is 0 Å². The van der Waals surface area contributed by atoms with Gasteiger partial charge in [0, 0.05) is 21.4 Å². The van der Waals surface area contributed by atoms with E-state index in [1.165, 1.54) is 6.07 Å². The molecule has 8 heteroatoms. The number of amides is 1. The molecular formula is C27H27BrFN5O. The van der Waals surface area contributed by atoms with Crippen molar-refractivity contribution in [1.82, 2.24) is 20.2 Å². The number of nitrogens with zero attached hydrogens (tertiary/aromatic N) is 2. The predicted octanol–water partition coefficient (Wildman–Crippen LogP) is 6.63. The molecule has 0 bridgehead atoms. The Morgan fingerprint density at radius 2 is 1.80 bits per heavy atom. The lowest BCUT2D eigenvalue weighted by atomic mass is 9.82. The largest absolute Gasteiger partial charge is 0.339 e. The van der Waals surface area contributed by atoms with E-state index in [0.29, 0.717) is 33.2 Å². The summed E-state index contributed by atoms with van der Waals surface area (Å²) in [5, 5.41) is 10.4. The van der Waals surface area contributed by atoms with Gasteiger partial charge in [0.25, 0.3) is 0 Å². The zero-order valence-electron chi connectivity index (χ0n) is 19.7. The van der Waals surface area contributed by atoms with E-state index < -0.39 is 5.92 Å². The second-order valence-electron chi connectivity index (χ2n) is 10.0. The van der Waals surface area contributed by atoms with E-state index in [1.807, 2.05) is 38.1 Å². The fraction of sp³-hybridized carbons (Fsp3) is 0.370. The first-order valence-corrected chi connectivity index (χ1v) is 13.0. The highest BCUT2D eigenvalue weighted by molar-refractivity contribution is 9.10. The maximum atomic E-state index is 14.6. The first-order chi connectivity index (χ1) is 16.9. The second-order valence-corrected chi connectivity index (χ2v) is 10.9. The van der Waals surface area contributed by atoms with Gasteiger partial charge >= 0.3 is 0 Å². The standard InChI is InChI=1S/C27H27BrFN5O/c1-13-22(14(2)34-33-13)15-7-9-19(10-8-15)30-27(35)24(23(16-3-4-16)17-5-6-17)26-31-21-12-18(28)11-20(29)25(21)32-26/h7-12,16-17,23-24H,3-6H2,1-2H3,(H,30,35)(H,31,32)(H,33,34). The van der Waals surface area contributed by atoms with Gasteiger partial charge in [-0.15, -0.1) is 0 Å². The van der Waals surface area contributed by atoms with E-state index in [0.717, 1.165) is 53.9 Å². The predicted molar refractivity (Wildman–Crippen MR) is 138 cm³/mol. The van der Waals surface area contributed by atoms with Crippen LogP contribution in [0.1, 0.15) is 48.8 Å². The maximum absolute atomic E-state index is 14.6. The molecule has 6 rings (SSSR count). The first-order valence-electron chi connectivity index (χ1n) is 12.2. The average Bonchev–Trinajstić information content (AvgIpc) is 3.75. The molecule has 4 aromatic rings. The molecular weight excluding hydrogens is 509 g/mol. The summed E-state index contributed by atoms with van der Waals surface area (Å²) in [5.41, 5.74) is 5.71. The normalized spacial score (nSPS) is 16.7. The number of carbonyl (C=O) groups is 1. The van der Waals surface area contributed by atoms with Gasteiger partial charge in [-0.05, 0) is 87.1 Å². The van der Waals surface area contributed by atoms with Crippen molar-refractivity contribution in [3.05, 3.63) is 63.9 Å². The lowest BCUT2D eigenvalue weighted by Gasteiger charge is -2.25. The SMILES string of the molecule is Cc1n[nH]c(C)c1-c1ccc(NC(=O)C(c2nc3cc(Br)cc(F)c3[nH]2)C(C2CC2)C2CC2)cc1. The highest BCUT2D eigenvalue weighted by Crippen LogP contribution is 2.55. The quantitative estimate of drug-likeness (QED) is 0.248. The molecule has 6 nitrogen and oxygen atoms in total. The summed E-state index contributed by atoms with van der Waals surface area (Å²) in [4.78, 5) is 21.7. The van der Waals surface area contributed by atoms with Crippen LogP contribution < -0.4 is 5.32 Å². The van der Waals surface area contributed by atoms with Crippen molar-refractivity contribution in [2.75, 3.05) is 5.32 Å². The van der Waals surface area contributed by atoms with E-state index in [1.54, 1.807) is 6.07 Å². The Hall–Kier alpha value is -3.00. The highest BCUT2D eigenvalue weighted by Gasteiger charge is 2.49. The number of aryl methyl sites for hydroxylation is 2. The second kappa shape index (κ2) is 8.59. The third-order valence-electron chi connectivity index (χ3n) is 7.39. The smallest absolute Gasteiger partial charge is 0.235 e. The number of imidazole rings is 1. The van der Waals surface area contributed by atoms with Gasteiger partial charge in [0.1, 0.15) is 17.2 Å². The minimum absolute atomic E-state index is 0.0873. The van der Waals surface area contributed by atoms with Crippen LogP contribution >= 0.6 is 15.9 Å². The van der Waals surface area contributed by atoms with Gasteiger partial charge < -0.3 is 10.3 Å². The minimum Gasteiger partial charge on any atom is -0.339 e. The summed E-state index contributed by atoms with van der Waals surface area (Å²) in [7, 11) is 0. The molecule has 0 radical (unpaired) electrons. The molecule has 1 amide bonds. The van der Waals surface area contributed by atoms with Crippen LogP contribution in [-0.4, -0.2) is 26.1 Å². The van der Waals surface area contributed by atoms with E-state index in [2.05, 4.69) is 36.4 Å². The molecule has 1 atom stereocenters. The van der Waals surface area contributed by atoms with Gasteiger partial charge in [-0.1, -0.05) is 28.1 Å². The Morgan fingerprint density at radius 1 is 1.11 bits per heavy atom. The number of rotatable bonds is 7. The van der Waals surface area contributed by atoms with Gasteiger partial charge in [-0.3, -0.25) is 9.89 Å². The monoisotopic (exact) mass is 535 g/mol. The number of H-pyrrole nitrogens is 2. The van der Waals surface area contributed by atoms with Crippen LogP contribution in [-0.2, 0) is 4.79 Å². The van der Waals surface area contributed by atoms with Crippen molar-refractivity contribution in [2.24, 2.45) is 17.8 Å². The molecule has 2 aromatic heterocycles. The lowest BCUT2D eigenvalue weighted by Crippen LogP contribution is -2.31. The number of fused-ring (bicyclic) bond motifs is 1. The summed E-state index contributed by atoms with van der Waals surface area (Å²) < 4.78 is 15.2. The summed E-state index contributed by atoms with van der Waals surface area (Å²) in [6.45, 7) is 3.98. The van der Waals surface area contributed by atoms with Crippen molar-refractivity contribution in [3.63, 3.8) is 0 Å². The fourth-order valence-electron chi connectivity index (χ4n) is 5.49. The molecule has 2 aliphatic rings. The molecule has 2 heterocycles. The molecule has 1 unspecified atom stereocenters. The van der Waals surface area contributed by atoms with Crippen LogP contribution in [0.5, 0.6) is 0 Å². The summed E-state index contributed by atoms with van der Waals surface area (Å²) in [6.07, 6.45) is 4.57. The molecule has 35 heavy (non-hydrogen) atoms. The fourth-order valence-corrected chi connectivity index (χ4v) is 5.91. The van der Waals surface area contributed by atoms with Crippen LogP contribution in [0, 0.1) is 37.4 Å². The summed E-state index contributed by atoms with van der Waals surface area (Å²) in [5.74, 6) is 0.920. The number of anilines is 1. The molecule has 180 valence electrons. The Labute approximate surface area is 211 Å². The average molecular weight is 536 g/mol. The number of hydrogen-bond donors (Lipinski definition) is 3. The number of benzene rings is 2. The maximum Gasteiger partial charge on any atom is 0.235 e. The Balaban J connectivity index is 1.32. The molecule has 2 aliphatic carbocycles. The lowest BCUT2D eigenvalue weighted by molar-refractivity contribution is -0.119. The van der Waals surface area contributed by atoms with Crippen molar-refractivity contribution in [1.29, 1.82) is 0 Å². The number of aromatic amines is 2. The van der Waals surface area contributed by atoms with Crippen LogP contribution in [0.25, 0.3) is 22.2 Å². The van der Waals surface area contributed by atoms with E-state index in [4.69, 9.17) is 4.98 Å². The van der Waals surface area contributed by atoms with E-state index in [9.17, 15) is 9.18 Å². The van der Waals surface area contributed by atoms with Gasteiger partial charge in [-0.2, -0.15) is 5.10 Å². The number of aromatic nitrogens is 4. The van der Waals surface area contributed by atoms with Gasteiger partial charge in [0.15, 0.2) is 0 Å². The molecule has 0 aliphatic heterocycles. The van der Waals surface area contributed by atoms with Crippen molar-refractivity contribution in [3.8, 4) is 11.1 Å². The molecule has 2 fully saturated rings. The number of nitrogens with one attached hydrogen (secondary N) is 3. The topological polar surface area (TPSA) is 86.5 Å². The Bertz CT molecular complexity index is 1390. The zero-order valence-corrected chi connectivity index (χ0v) is 21.2. The molecule has 0 spiro atoms. The summed E-state index contributed by atoms with van der Waals surface area (Å²) >= 11 is 3.35. The highest BCUT2D eigenvalue weighted by atomic mass is 79.9. The molecule has 2 aromatic carbocycles. The zero-order chi connectivity index (χ0) is 24.3. The number of halogens is 2. The first kappa shape index (κ1) is 22.5. The number of carbonyl (C=O) groups excluding carboxylic acids is 1. The van der Waals surface area contributed by atoms with Gasteiger partial charge in [0.05, 0.1) is 17.1 Å². The molecule has 0 saturated heterocycles. The van der Waals surface area contributed by atoms with Crippen molar-refractivity contribution >= 4 is 38.6 Å². The van der Waals surface area contributed by atoms with Crippen LogP contribution in [0.15, 0.2) is 40.9 Å². The van der Waals surface area contributed by atoms with Crippen LogP contribution in [0.2, 0.25) is 0 Å². The van der Waals surface area contributed by atoms with Gasteiger partial charge in [-0.25, -0.2) is 9.37 Å². The molecule has 3 N–H and O–H groups in total.